The Morgan fingerprint density at radius 2 is 1.88 bits per heavy atom. The third-order valence-electron chi connectivity index (χ3n) is 1.95. The molecule has 0 atom stereocenters. The van der Waals surface area contributed by atoms with Crippen molar-refractivity contribution in [2.24, 2.45) is 0 Å². The lowest BCUT2D eigenvalue weighted by molar-refractivity contribution is -0.138. The lowest BCUT2D eigenvalue weighted by Gasteiger charge is -2.04. The van der Waals surface area contributed by atoms with Crippen LogP contribution in [-0.2, 0) is 14.3 Å². The second kappa shape index (κ2) is 7.68. The van der Waals surface area contributed by atoms with E-state index in [1.54, 1.807) is 13.0 Å². The topological polar surface area (TPSA) is 63.6 Å². The summed E-state index contributed by atoms with van der Waals surface area (Å²) < 4.78 is 4.87. The zero-order valence-electron chi connectivity index (χ0n) is 9.95. The molecule has 0 rings (SSSR count). The minimum Gasteiger partial charge on any atom is -0.478 e. The summed E-state index contributed by atoms with van der Waals surface area (Å²) in [6.07, 6.45) is 4.28. The number of carbonyl (C=O) groups excluding carboxylic acids is 1. The van der Waals surface area contributed by atoms with Crippen molar-refractivity contribution in [1.82, 2.24) is 0 Å². The number of rotatable bonds is 6. The van der Waals surface area contributed by atoms with Crippen LogP contribution < -0.4 is 0 Å². The van der Waals surface area contributed by atoms with Crippen molar-refractivity contribution in [2.45, 2.75) is 33.6 Å². The molecule has 0 fully saturated rings. The highest BCUT2D eigenvalue weighted by molar-refractivity contribution is 5.90. The summed E-state index contributed by atoms with van der Waals surface area (Å²) in [6, 6.07) is 0. The highest BCUT2D eigenvalue weighted by atomic mass is 16.5. The van der Waals surface area contributed by atoms with Gasteiger partial charge in [0.2, 0.25) is 0 Å². The van der Waals surface area contributed by atoms with Gasteiger partial charge in [-0.2, -0.15) is 0 Å². The van der Waals surface area contributed by atoms with E-state index in [0.717, 1.165) is 0 Å². The van der Waals surface area contributed by atoms with Gasteiger partial charge in [-0.3, -0.25) is 0 Å². The fourth-order valence-electron chi connectivity index (χ4n) is 1.07. The van der Waals surface area contributed by atoms with E-state index in [1.165, 1.54) is 13.0 Å². The third-order valence-corrected chi connectivity index (χ3v) is 1.95. The molecule has 90 valence electrons. The van der Waals surface area contributed by atoms with Crippen molar-refractivity contribution in [2.75, 3.05) is 6.61 Å². The lowest BCUT2D eigenvalue weighted by atomic mass is 10.1. The van der Waals surface area contributed by atoms with Gasteiger partial charge in [0, 0.05) is 11.1 Å². The molecule has 0 aromatic carbocycles. The van der Waals surface area contributed by atoms with Crippen molar-refractivity contribution in [3.63, 3.8) is 0 Å². The fraction of sp³-hybridized carbons (Fsp3) is 0.500. The molecule has 0 saturated carbocycles. The standard InChI is InChI=1S/C12H18O4/c1-4-6-10(12(15)16-5-2)8-7-9(3)11(13)14/h6-7H,4-5,8H2,1-3H3,(H,13,14). The molecule has 1 N–H and O–H groups in total. The second-order valence-corrected chi connectivity index (χ2v) is 3.25. The number of hydrogen-bond acceptors (Lipinski definition) is 3. The molecule has 0 aromatic rings. The molecule has 0 aliphatic carbocycles. The fourth-order valence-corrected chi connectivity index (χ4v) is 1.07. The Hall–Kier alpha value is -1.58. The number of ether oxygens (including phenoxy) is 1. The molecular formula is C12H18O4. The van der Waals surface area contributed by atoms with E-state index >= 15 is 0 Å². The Kier molecular flexibility index (Phi) is 6.92. The van der Waals surface area contributed by atoms with Crippen LogP contribution in [-0.4, -0.2) is 23.7 Å². The van der Waals surface area contributed by atoms with E-state index in [1.807, 2.05) is 6.92 Å². The first-order valence-corrected chi connectivity index (χ1v) is 5.29. The molecule has 0 amide bonds. The summed E-state index contributed by atoms with van der Waals surface area (Å²) >= 11 is 0. The van der Waals surface area contributed by atoms with Crippen LogP contribution in [0.3, 0.4) is 0 Å². The summed E-state index contributed by atoms with van der Waals surface area (Å²) in [7, 11) is 0. The van der Waals surface area contributed by atoms with E-state index in [9.17, 15) is 9.59 Å². The Balaban J connectivity index is 4.59. The van der Waals surface area contributed by atoms with Crippen molar-refractivity contribution in [3.05, 3.63) is 23.3 Å². The van der Waals surface area contributed by atoms with Gasteiger partial charge in [0.25, 0.3) is 0 Å². The van der Waals surface area contributed by atoms with Crippen LogP contribution >= 0.6 is 0 Å². The van der Waals surface area contributed by atoms with Gasteiger partial charge in [-0.15, -0.1) is 0 Å². The molecular weight excluding hydrogens is 208 g/mol. The van der Waals surface area contributed by atoms with Crippen molar-refractivity contribution >= 4 is 11.9 Å². The minimum atomic E-state index is -0.972. The maximum Gasteiger partial charge on any atom is 0.333 e. The monoisotopic (exact) mass is 226 g/mol. The number of hydrogen-bond donors (Lipinski definition) is 1. The highest BCUT2D eigenvalue weighted by Gasteiger charge is 2.09. The molecule has 0 saturated heterocycles. The summed E-state index contributed by atoms with van der Waals surface area (Å²) in [5.41, 5.74) is 0.733. The Labute approximate surface area is 95.6 Å². The average Bonchev–Trinajstić information content (AvgIpc) is 2.23. The molecule has 0 spiro atoms. The first-order chi connectivity index (χ1) is 7.52. The van der Waals surface area contributed by atoms with Gasteiger partial charge < -0.3 is 9.84 Å². The Morgan fingerprint density at radius 3 is 2.31 bits per heavy atom. The lowest BCUT2D eigenvalue weighted by Crippen LogP contribution is -2.07. The minimum absolute atomic E-state index is 0.228. The summed E-state index contributed by atoms with van der Waals surface area (Å²) in [5.74, 6) is -1.35. The van der Waals surface area contributed by atoms with Gasteiger partial charge in [0.15, 0.2) is 0 Å². The first-order valence-electron chi connectivity index (χ1n) is 5.29. The molecule has 0 heterocycles. The molecule has 4 nitrogen and oxygen atoms in total. The molecule has 0 radical (unpaired) electrons. The van der Waals surface area contributed by atoms with Gasteiger partial charge in [-0.25, -0.2) is 9.59 Å². The van der Waals surface area contributed by atoms with E-state index < -0.39 is 5.97 Å². The zero-order valence-corrected chi connectivity index (χ0v) is 9.95. The van der Waals surface area contributed by atoms with Crippen molar-refractivity contribution < 1.29 is 19.4 Å². The molecule has 4 heteroatoms. The number of carboxylic acid groups (broad SMARTS) is 1. The molecule has 0 bridgehead atoms. The van der Waals surface area contributed by atoms with E-state index in [-0.39, 0.29) is 11.5 Å². The van der Waals surface area contributed by atoms with Gasteiger partial charge in [-0.1, -0.05) is 19.1 Å². The van der Waals surface area contributed by atoms with Crippen LogP contribution in [0.15, 0.2) is 23.3 Å². The van der Waals surface area contributed by atoms with Crippen LogP contribution in [0, 0.1) is 0 Å². The number of aliphatic carboxylic acids is 1. The SMILES string of the molecule is CCC=C(CC=C(C)C(=O)O)C(=O)OCC. The van der Waals surface area contributed by atoms with Gasteiger partial charge in [-0.05, 0) is 26.7 Å². The molecule has 0 unspecified atom stereocenters. The largest absolute Gasteiger partial charge is 0.478 e. The third kappa shape index (κ3) is 5.34. The van der Waals surface area contributed by atoms with Gasteiger partial charge in [0.1, 0.15) is 0 Å². The average molecular weight is 226 g/mol. The van der Waals surface area contributed by atoms with E-state index in [4.69, 9.17) is 9.84 Å². The normalized spacial score (nSPS) is 12.4. The van der Waals surface area contributed by atoms with E-state index in [2.05, 4.69) is 0 Å². The summed E-state index contributed by atoms with van der Waals surface area (Å²) in [5, 5.41) is 8.66. The number of carbonyl (C=O) groups is 2. The summed E-state index contributed by atoms with van der Waals surface area (Å²) in [6.45, 7) is 5.46. The second-order valence-electron chi connectivity index (χ2n) is 3.25. The van der Waals surface area contributed by atoms with Crippen molar-refractivity contribution in [1.29, 1.82) is 0 Å². The van der Waals surface area contributed by atoms with Gasteiger partial charge in [0.05, 0.1) is 6.61 Å². The first kappa shape index (κ1) is 14.4. The van der Waals surface area contributed by atoms with Crippen LogP contribution in [0.4, 0.5) is 0 Å². The predicted octanol–water partition coefficient (Wildman–Crippen LogP) is 2.31. The number of allylic oxidation sites excluding steroid dienone is 2. The Morgan fingerprint density at radius 1 is 1.25 bits per heavy atom. The molecule has 0 aliphatic rings. The quantitative estimate of drug-likeness (QED) is 0.557. The highest BCUT2D eigenvalue weighted by Crippen LogP contribution is 2.09. The van der Waals surface area contributed by atoms with Crippen LogP contribution in [0.1, 0.15) is 33.6 Å². The smallest absolute Gasteiger partial charge is 0.333 e. The van der Waals surface area contributed by atoms with Crippen LogP contribution in [0.5, 0.6) is 0 Å². The molecule has 0 aliphatic heterocycles. The number of carboxylic acids is 1. The predicted molar refractivity (Wildman–Crippen MR) is 61.0 cm³/mol. The van der Waals surface area contributed by atoms with Crippen LogP contribution in [0.2, 0.25) is 0 Å². The molecule has 16 heavy (non-hydrogen) atoms. The Bertz CT molecular complexity index is 313. The maximum atomic E-state index is 11.4. The van der Waals surface area contributed by atoms with Gasteiger partial charge >= 0.3 is 11.9 Å². The summed E-state index contributed by atoms with van der Waals surface area (Å²) in [4.78, 5) is 22.0. The molecule has 0 aromatic heterocycles. The van der Waals surface area contributed by atoms with E-state index in [0.29, 0.717) is 25.0 Å². The van der Waals surface area contributed by atoms with Crippen LogP contribution in [0.25, 0.3) is 0 Å². The van der Waals surface area contributed by atoms with Crippen molar-refractivity contribution in [3.8, 4) is 0 Å². The number of esters is 1. The zero-order chi connectivity index (χ0) is 12.6. The maximum absolute atomic E-state index is 11.4.